The van der Waals surface area contributed by atoms with Crippen molar-refractivity contribution in [3.63, 3.8) is 0 Å². The van der Waals surface area contributed by atoms with Crippen molar-refractivity contribution in [3.8, 4) is 5.69 Å². The van der Waals surface area contributed by atoms with Crippen molar-refractivity contribution in [3.05, 3.63) is 55.6 Å². The first-order valence-electron chi connectivity index (χ1n) is 9.14. The first kappa shape index (κ1) is 26.6. The number of benzene rings is 1. The Morgan fingerprint density at radius 1 is 1.30 bits per heavy atom. The Bertz CT molecular complexity index is 1180. The van der Waals surface area contributed by atoms with Gasteiger partial charge in [0.25, 0.3) is 5.56 Å². The van der Waals surface area contributed by atoms with Gasteiger partial charge in [-0.05, 0) is 19.1 Å². The zero-order valence-electron chi connectivity index (χ0n) is 17.4. The third kappa shape index (κ3) is 6.03. The molecule has 14 heteroatoms. The number of esters is 1. The van der Waals surface area contributed by atoms with Crippen LogP contribution in [-0.2, 0) is 27.5 Å². The number of nitrogens with one attached hydrogen (secondary N) is 1. The van der Waals surface area contributed by atoms with Gasteiger partial charge >= 0.3 is 17.8 Å². The number of ether oxygens (including phenoxy) is 1. The summed E-state index contributed by atoms with van der Waals surface area (Å²) in [4.78, 5) is 47.8. The second-order valence-corrected chi connectivity index (χ2v) is 8.41. The molecule has 0 saturated heterocycles. The van der Waals surface area contributed by atoms with Gasteiger partial charge in [-0.2, -0.15) is 13.2 Å². The van der Waals surface area contributed by atoms with E-state index < -0.39 is 51.9 Å². The molecule has 2 atom stereocenters. The van der Waals surface area contributed by atoms with Gasteiger partial charge in [0.2, 0.25) is 0 Å². The maximum absolute atomic E-state index is 14.6. The van der Waals surface area contributed by atoms with Crippen molar-refractivity contribution in [2.24, 2.45) is 7.05 Å². The minimum absolute atomic E-state index is 0.0184. The van der Waals surface area contributed by atoms with Crippen LogP contribution in [0.1, 0.15) is 12.6 Å². The molecular weight excluding hydrogens is 494 g/mol. The Morgan fingerprint density at radius 3 is 2.48 bits per heavy atom. The van der Waals surface area contributed by atoms with Gasteiger partial charge in [-0.3, -0.25) is 14.2 Å². The predicted octanol–water partition coefficient (Wildman–Crippen LogP) is 2.16. The molecule has 0 unspecified atom stereocenters. The number of carbonyl (C=O) groups is 2. The summed E-state index contributed by atoms with van der Waals surface area (Å²) in [6.07, 6.45) is -4.44. The average molecular weight is 512 g/mol. The van der Waals surface area contributed by atoms with E-state index in [2.05, 4.69) is 10.1 Å². The molecule has 2 rings (SSSR count). The van der Waals surface area contributed by atoms with Crippen molar-refractivity contribution in [1.29, 1.82) is 0 Å². The maximum atomic E-state index is 14.6. The fourth-order valence-corrected chi connectivity index (χ4v) is 3.93. The number of nitrogens with zero attached hydrogens (tertiary/aromatic N) is 2. The van der Waals surface area contributed by atoms with Crippen LogP contribution >= 0.6 is 23.4 Å². The van der Waals surface area contributed by atoms with Gasteiger partial charge in [0, 0.05) is 24.6 Å². The Morgan fingerprint density at radius 2 is 1.94 bits per heavy atom. The second kappa shape index (κ2) is 10.5. The summed E-state index contributed by atoms with van der Waals surface area (Å²) in [7, 11) is 1.99. The molecule has 1 heterocycles. The summed E-state index contributed by atoms with van der Waals surface area (Å²) < 4.78 is 58.7. The van der Waals surface area contributed by atoms with Crippen molar-refractivity contribution in [2.45, 2.75) is 29.3 Å². The van der Waals surface area contributed by atoms with Gasteiger partial charge in [0.1, 0.15) is 23.8 Å². The number of carbonyl (C=O) groups excluding carboxylic acids is 2. The van der Waals surface area contributed by atoms with Crippen LogP contribution in [0.2, 0.25) is 5.02 Å². The number of aromatic nitrogens is 2. The summed E-state index contributed by atoms with van der Waals surface area (Å²) in [5, 5.41) is 1.77. The molecular formula is C19H18ClF4N3O5S. The Kier molecular flexibility index (Phi) is 8.49. The molecule has 0 spiro atoms. The topological polar surface area (TPSA) is 99.4 Å². The van der Waals surface area contributed by atoms with Gasteiger partial charge in [0.05, 0.1) is 23.1 Å². The van der Waals surface area contributed by atoms with Crippen LogP contribution in [-0.4, -0.2) is 46.3 Å². The third-order valence-corrected chi connectivity index (χ3v) is 6.06. The van der Waals surface area contributed by atoms with Crippen LogP contribution in [0.5, 0.6) is 0 Å². The van der Waals surface area contributed by atoms with E-state index in [1.807, 2.05) is 0 Å². The van der Waals surface area contributed by atoms with E-state index >= 15 is 0 Å². The lowest BCUT2D eigenvalue weighted by Crippen LogP contribution is -2.41. The van der Waals surface area contributed by atoms with E-state index in [-0.39, 0.29) is 31.7 Å². The monoisotopic (exact) mass is 511 g/mol. The summed E-state index contributed by atoms with van der Waals surface area (Å²) in [6, 6.07) is 1.20. The van der Waals surface area contributed by atoms with E-state index in [1.54, 1.807) is 0 Å². The van der Waals surface area contributed by atoms with Crippen LogP contribution in [0.25, 0.3) is 5.69 Å². The quantitative estimate of drug-likeness (QED) is 0.251. The number of thioether (sulfide) groups is 1. The number of rotatable bonds is 8. The van der Waals surface area contributed by atoms with Crippen molar-refractivity contribution >= 4 is 35.6 Å². The molecule has 0 fully saturated rings. The summed E-state index contributed by atoms with van der Waals surface area (Å²) in [6.45, 7) is 1.49. The highest BCUT2D eigenvalue weighted by Crippen LogP contribution is 2.33. The Hall–Kier alpha value is -2.64. The molecule has 0 saturated carbocycles. The van der Waals surface area contributed by atoms with Gasteiger partial charge in [0.15, 0.2) is 0 Å². The fraction of sp³-hybridized carbons (Fsp3) is 0.368. The minimum Gasteiger partial charge on any atom is -0.468 e. The highest BCUT2D eigenvalue weighted by Gasteiger charge is 2.35. The summed E-state index contributed by atoms with van der Waals surface area (Å²) in [5.74, 6) is -1.70. The van der Waals surface area contributed by atoms with E-state index in [0.29, 0.717) is 6.29 Å². The Balaban J connectivity index is 2.47. The molecule has 0 aliphatic carbocycles. The Labute approximate surface area is 193 Å². The molecule has 180 valence electrons. The second-order valence-electron chi connectivity index (χ2n) is 6.72. The highest BCUT2D eigenvalue weighted by molar-refractivity contribution is 8.00. The third-order valence-electron chi connectivity index (χ3n) is 4.46. The molecule has 0 amide bonds. The minimum atomic E-state index is -4.97. The number of methoxy groups -OCH3 is 1. The standard InChI is InChI=1S/C19H18ClF4N3O5S/c1-9(17(30)32-3)25-7-10(8-28)33-14-5-13(12(21)4-11(14)20)27-16(29)6-15(19(22,23)24)26(2)18(27)31/h4-6,8-10,25H,7H2,1-3H3/t9-,10-/m0/s1. The van der Waals surface area contributed by atoms with E-state index in [9.17, 15) is 36.7 Å². The lowest BCUT2D eigenvalue weighted by Gasteiger charge is -2.17. The first-order valence-corrected chi connectivity index (χ1v) is 10.4. The predicted molar refractivity (Wildman–Crippen MR) is 112 cm³/mol. The van der Waals surface area contributed by atoms with Crippen LogP contribution in [0, 0.1) is 5.82 Å². The lowest BCUT2D eigenvalue weighted by molar-refractivity contribution is -0.144. The van der Waals surface area contributed by atoms with Gasteiger partial charge in [-0.15, -0.1) is 11.8 Å². The molecule has 1 aromatic carbocycles. The molecule has 0 bridgehead atoms. The van der Waals surface area contributed by atoms with Gasteiger partial charge in [-0.1, -0.05) is 11.6 Å². The molecule has 0 aliphatic rings. The fourth-order valence-electron chi connectivity index (χ4n) is 2.73. The molecule has 8 nitrogen and oxygen atoms in total. The summed E-state index contributed by atoms with van der Waals surface area (Å²) >= 11 is 6.86. The van der Waals surface area contributed by atoms with Crippen LogP contribution < -0.4 is 16.6 Å². The van der Waals surface area contributed by atoms with E-state index in [4.69, 9.17) is 11.6 Å². The van der Waals surface area contributed by atoms with Crippen LogP contribution in [0.15, 0.2) is 32.7 Å². The molecule has 0 radical (unpaired) electrons. The maximum Gasteiger partial charge on any atom is 0.431 e. The van der Waals surface area contributed by atoms with E-state index in [1.165, 1.54) is 14.0 Å². The number of hydrogen-bond donors (Lipinski definition) is 1. The zero-order valence-corrected chi connectivity index (χ0v) is 19.0. The van der Waals surface area contributed by atoms with Gasteiger partial charge < -0.3 is 14.8 Å². The highest BCUT2D eigenvalue weighted by atomic mass is 35.5. The molecule has 0 aliphatic heterocycles. The van der Waals surface area contributed by atoms with Crippen molar-refractivity contribution in [2.75, 3.05) is 13.7 Å². The molecule has 2 aromatic rings. The average Bonchev–Trinajstić information content (AvgIpc) is 2.74. The van der Waals surface area contributed by atoms with Crippen LogP contribution in [0.4, 0.5) is 17.6 Å². The molecule has 1 aromatic heterocycles. The summed E-state index contributed by atoms with van der Waals surface area (Å²) in [5.41, 5.74) is -4.96. The molecule has 1 N–H and O–H groups in total. The van der Waals surface area contributed by atoms with Crippen molar-refractivity contribution < 1.29 is 31.9 Å². The number of hydrogen-bond acceptors (Lipinski definition) is 7. The van der Waals surface area contributed by atoms with E-state index in [0.717, 1.165) is 30.9 Å². The first-order chi connectivity index (χ1) is 15.3. The normalized spacial score (nSPS) is 13.5. The number of alkyl halides is 3. The zero-order chi connectivity index (χ0) is 25.1. The molecule has 33 heavy (non-hydrogen) atoms. The largest absolute Gasteiger partial charge is 0.468 e. The number of aldehydes is 1. The van der Waals surface area contributed by atoms with Crippen LogP contribution in [0.3, 0.4) is 0 Å². The van der Waals surface area contributed by atoms with Crippen molar-refractivity contribution in [1.82, 2.24) is 14.5 Å². The smallest absolute Gasteiger partial charge is 0.431 e. The van der Waals surface area contributed by atoms with Gasteiger partial charge in [-0.25, -0.2) is 13.8 Å². The lowest BCUT2D eigenvalue weighted by atomic mass is 10.3. The number of halogens is 5. The SMILES string of the molecule is COC(=O)[C@H](C)NC[C@@H](C=O)Sc1cc(-n2c(=O)cc(C(F)(F)F)n(C)c2=O)c(F)cc1Cl.